The van der Waals surface area contributed by atoms with Crippen LogP contribution in [0.2, 0.25) is 0 Å². The summed E-state index contributed by atoms with van der Waals surface area (Å²) in [6, 6.07) is 19.1. The van der Waals surface area contributed by atoms with E-state index in [-0.39, 0.29) is 5.78 Å². The van der Waals surface area contributed by atoms with Crippen molar-refractivity contribution in [3.63, 3.8) is 0 Å². The van der Waals surface area contributed by atoms with Crippen LogP contribution in [0.5, 0.6) is 5.75 Å². The second-order valence-electron chi connectivity index (χ2n) is 6.81. The number of anilines is 1. The van der Waals surface area contributed by atoms with E-state index in [4.69, 9.17) is 4.74 Å². The number of ether oxygens (including phenoxy) is 1. The third-order valence-corrected chi connectivity index (χ3v) is 4.50. The first kappa shape index (κ1) is 19.6. The molecule has 0 amide bonds. The highest BCUT2D eigenvalue weighted by Gasteiger charge is 2.15. The van der Waals surface area contributed by atoms with Gasteiger partial charge in [-0.05, 0) is 43.2 Å². The Kier molecular flexibility index (Phi) is 6.79. The lowest BCUT2D eigenvalue weighted by Crippen LogP contribution is -2.10. The molecule has 0 fully saturated rings. The molecular formula is C24H26N2O2. The van der Waals surface area contributed by atoms with Crippen molar-refractivity contribution >= 4 is 11.6 Å². The molecule has 1 heterocycles. The lowest BCUT2D eigenvalue weighted by Gasteiger charge is -2.11. The van der Waals surface area contributed by atoms with Crippen LogP contribution in [0.25, 0.3) is 0 Å². The molecule has 28 heavy (non-hydrogen) atoms. The standard InChI is InChI=1S/C24H26N2O2/c1-3-4-14-25-24-22(9-6-15-26-24)23(27)20-7-5-8-21(16-20)28-17-19-12-10-18(2)11-13-19/h5-13,15-16H,3-4,14,17H2,1-2H3,(H,25,26). The summed E-state index contributed by atoms with van der Waals surface area (Å²) in [6.07, 6.45) is 3.82. The first-order valence-corrected chi connectivity index (χ1v) is 9.69. The first-order chi connectivity index (χ1) is 13.7. The molecule has 144 valence electrons. The van der Waals surface area contributed by atoms with E-state index in [2.05, 4.69) is 36.3 Å². The molecule has 3 rings (SSSR count). The summed E-state index contributed by atoms with van der Waals surface area (Å²) in [4.78, 5) is 17.4. The van der Waals surface area contributed by atoms with Crippen LogP contribution < -0.4 is 10.1 Å². The first-order valence-electron chi connectivity index (χ1n) is 9.69. The third kappa shape index (κ3) is 5.19. The largest absolute Gasteiger partial charge is 0.489 e. The van der Waals surface area contributed by atoms with E-state index in [0.29, 0.717) is 29.3 Å². The van der Waals surface area contributed by atoms with Crippen LogP contribution in [0.15, 0.2) is 66.9 Å². The summed E-state index contributed by atoms with van der Waals surface area (Å²) in [6.45, 7) is 5.46. The normalized spacial score (nSPS) is 10.5. The number of aryl methyl sites for hydroxylation is 1. The molecular weight excluding hydrogens is 348 g/mol. The van der Waals surface area contributed by atoms with Gasteiger partial charge in [0.05, 0.1) is 5.56 Å². The Balaban J connectivity index is 1.72. The zero-order valence-corrected chi connectivity index (χ0v) is 16.4. The number of pyridine rings is 1. The molecule has 0 spiro atoms. The minimum absolute atomic E-state index is 0.0621. The predicted molar refractivity (Wildman–Crippen MR) is 113 cm³/mol. The highest BCUT2D eigenvalue weighted by atomic mass is 16.5. The summed E-state index contributed by atoms with van der Waals surface area (Å²) >= 11 is 0. The summed E-state index contributed by atoms with van der Waals surface area (Å²) in [5.74, 6) is 1.25. The van der Waals surface area contributed by atoms with Crippen LogP contribution in [0.1, 0.15) is 46.8 Å². The molecule has 0 bridgehead atoms. The number of carbonyl (C=O) groups is 1. The van der Waals surface area contributed by atoms with Crippen molar-refractivity contribution in [1.29, 1.82) is 0 Å². The zero-order chi connectivity index (χ0) is 19.8. The number of nitrogens with zero attached hydrogens (tertiary/aromatic N) is 1. The number of hydrogen-bond acceptors (Lipinski definition) is 4. The van der Waals surface area contributed by atoms with Crippen LogP contribution >= 0.6 is 0 Å². The van der Waals surface area contributed by atoms with E-state index in [0.717, 1.165) is 24.9 Å². The van der Waals surface area contributed by atoms with Gasteiger partial charge in [-0.15, -0.1) is 0 Å². The summed E-state index contributed by atoms with van der Waals surface area (Å²) in [5, 5.41) is 3.27. The molecule has 3 aromatic rings. The molecule has 1 N–H and O–H groups in total. The quantitative estimate of drug-likeness (QED) is 0.402. The van der Waals surface area contributed by atoms with E-state index < -0.39 is 0 Å². The smallest absolute Gasteiger partial charge is 0.196 e. The fraction of sp³-hybridized carbons (Fsp3) is 0.250. The van der Waals surface area contributed by atoms with Gasteiger partial charge in [0.25, 0.3) is 0 Å². The number of unbranched alkanes of at least 4 members (excludes halogenated alkanes) is 1. The monoisotopic (exact) mass is 374 g/mol. The number of carbonyl (C=O) groups excluding carboxylic acids is 1. The van der Waals surface area contributed by atoms with E-state index in [1.54, 1.807) is 18.3 Å². The number of benzene rings is 2. The fourth-order valence-corrected chi connectivity index (χ4v) is 2.85. The van der Waals surface area contributed by atoms with Crippen molar-refractivity contribution in [3.05, 3.63) is 89.1 Å². The Labute approximate surface area is 166 Å². The second kappa shape index (κ2) is 9.70. The Morgan fingerprint density at radius 1 is 1.07 bits per heavy atom. The molecule has 0 saturated heterocycles. The van der Waals surface area contributed by atoms with Gasteiger partial charge < -0.3 is 10.1 Å². The van der Waals surface area contributed by atoms with E-state index >= 15 is 0 Å². The average Bonchev–Trinajstić information content (AvgIpc) is 2.74. The summed E-state index contributed by atoms with van der Waals surface area (Å²) in [7, 11) is 0. The summed E-state index contributed by atoms with van der Waals surface area (Å²) in [5.41, 5.74) is 3.48. The van der Waals surface area contributed by atoms with Crippen molar-refractivity contribution in [2.45, 2.75) is 33.3 Å². The van der Waals surface area contributed by atoms with Crippen LogP contribution in [0.3, 0.4) is 0 Å². The van der Waals surface area contributed by atoms with E-state index in [1.165, 1.54) is 5.56 Å². The highest BCUT2D eigenvalue weighted by molar-refractivity contribution is 6.12. The van der Waals surface area contributed by atoms with Crippen LogP contribution in [0, 0.1) is 6.92 Å². The van der Waals surface area contributed by atoms with Crippen molar-refractivity contribution < 1.29 is 9.53 Å². The predicted octanol–water partition coefficient (Wildman–Crippen LogP) is 5.41. The number of hydrogen-bond donors (Lipinski definition) is 1. The van der Waals surface area contributed by atoms with Crippen molar-refractivity contribution in [2.75, 3.05) is 11.9 Å². The maximum Gasteiger partial charge on any atom is 0.196 e. The topological polar surface area (TPSA) is 51.2 Å². The van der Waals surface area contributed by atoms with Gasteiger partial charge in [-0.1, -0.05) is 55.3 Å². The van der Waals surface area contributed by atoms with Crippen LogP contribution in [0.4, 0.5) is 5.82 Å². The number of aromatic nitrogens is 1. The molecule has 0 radical (unpaired) electrons. The maximum absolute atomic E-state index is 13.0. The zero-order valence-electron chi connectivity index (χ0n) is 16.4. The average molecular weight is 374 g/mol. The molecule has 0 unspecified atom stereocenters. The van der Waals surface area contributed by atoms with Crippen LogP contribution in [-0.2, 0) is 6.61 Å². The Hall–Kier alpha value is -3.14. The minimum atomic E-state index is -0.0621. The maximum atomic E-state index is 13.0. The second-order valence-corrected chi connectivity index (χ2v) is 6.81. The number of nitrogens with one attached hydrogen (secondary N) is 1. The number of rotatable bonds is 9. The molecule has 4 heteroatoms. The van der Waals surface area contributed by atoms with Gasteiger partial charge in [0.15, 0.2) is 5.78 Å². The lowest BCUT2D eigenvalue weighted by atomic mass is 10.0. The van der Waals surface area contributed by atoms with Gasteiger partial charge >= 0.3 is 0 Å². The van der Waals surface area contributed by atoms with Gasteiger partial charge in [0.1, 0.15) is 18.2 Å². The Morgan fingerprint density at radius 2 is 1.89 bits per heavy atom. The minimum Gasteiger partial charge on any atom is -0.489 e. The number of ketones is 1. The lowest BCUT2D eigenvalue weighted by molar-refractivity contribution is 0.103. The molecule has 0 aliphatic heterocycles. The van der Waals surface area contributed by atoms with E-state index in [9.17, 15) is 4.79 Å². The third-order valence-electron chi connectivity index (χ3n) is 4.50. The van der Waals surface area contributed by atoms with Gasteiger partial charge in [-0.2, -0.15) is 0 Å². The van der Waals surface area contributed by atoms with Gasteiger partial charge in [0, 0.05) is 18.3 Å². The molecule has 0 aliphatic carbocycles. The van der Waals surface area contributed by atoms with Gasteiger partial charge in [-0.25, -0.2) is 4.98 Å². The Morgan fingerprint density at radius 3 is 2.68 bits per heavy atom. The molecule has 0 aliphatic rings. The van der Waals surface area contributed by atoms with Crippen molar-refractivity contribution in [2.24, 2.45) is 0 Å². The van der Waals surface area contributed by atoms with Crippen molar-refractivity contribution in [3.8, 4) is 5.75 Å². The Bertz CT molecular complexity index is 920. The molecule has 1 aromatic heterocycles. The van der Waals surface area contributed by atoms with E-state index in [1.807, 2.05) is 36.4 Å². The van der Waals surface area contributed by atoms with Crippen LogP contribution in [-0.4, -0.2) is 17.3 Å². The fourth-order valence-electron chi connectivity index (χ4n) is 2.85. The van der Waals surface area contributed by atoms with Gasteiger partial charge in [0.2, 0.25) is 0 Å². The highest BCUT2D eigenvalue weighted by Crippen LogP contribution is 2.21. The molecule has 0 saturated carbocycles. The molecule has 4 nitrogen and oxygen atoms in total. The molecule has 2 aromatic carbocycles. The van der Waals surface area contributed by atoms with Gasteiger partial charge in [-0.3, -0.25) is 4.79 Å². The van der Waals surface area contributed by atoms with Crippen molar-refractivity contribution in [1.82, 2.24) is 4.98 Å². The SMILES string of the molecule is CCCCNc1ncccc1C(=O)c1cccc(OCc2ccc(C)cc2)c1. The summed E-state index contributed by atoms with van der Waals surface area (Å²) < 4.78 is 5.88. The molecule has 0 atom stereocenters.